The number of carboxylic acids is 1. The van der Waals surface area contributed by atoms with E-state index in [-0.39, 0.29) is 24.4 Å². The van der Waals surface area contributed by atoms with Gasteiger partial charge in [-0.15, -0.1) is 11.8 Å². The fraction of sp³-hybridized carbons (Fsp3) is 0.357. The zero-order valence-corrected chi connectivity index (χ0v) is 31.7. The van der Waals surface area contributed by atoms with Crippen molar-refractivity contribution in [3.05, 3.63) is 143 Å². The lowest BCUT2D eigenvalue weighted by atomic mass is 9.84. The second kappa shape index (κ2) is 18.6. The van der Waals surface area contributed by atoms with Crippen LogP contribution in [-0.2, 0) is 32.1 Å². The summed E-state index contributed by atoms with van der Waals surface area (Å²) in [5.74, 6) is -0.647. The molecule has 1 aliphatic rings. The largest absolute Gasteiger partial charge is 0.480 e. The molecule has 4 atom stereocenters. The lowest BCUT2D eigenvalue weighted by molar-refractivity contribution is -0.146. The van der Waals surface area contributed by atoms with Crippen molar-refractivity contribution < 1.29 is 19.5 Å². The number of carbonyl (C=O) groups is 3. The third kappa shape index (κ3) is 9.28. The molecule has 0 radical (unpaired) electrons. The van der Waals surface area contributed by atoms with Crippen LogP contribution in [0.5, 0.6) is 0 Å². The Morgan fingerprint density at radius 2 is 1.37 bits per heavy atom. The maximum atomic E-state index is 14.5. The molecular formula is C42H50N4O4S2. The number of carbonyl (C=O) groups excluding carboxylic acids is 2. The minimum absolute atomic E-state index is 0.0985. The van der Waals surface area contributed by atoms with Crippen molar-refractivity contribution in [1.29, 1.82) is 0 Å². The van der Waals surface area contributed by atoms with Crippen LogP contribution >= 0.6 is 23.5 Å². The van der Waals surface area contributed by atoms with Crippen LogP contribution in [0, 0.1) is 5.92 Å². The summed E-state index contributed by atoms with van der Waals surface area (Å²) in [7, 11) is 0. The van der Waals surface area contributed by atoms with Gasteiger partial charge in [0, 0.05) is 31.3 Å². The van der Waals surface area contributed by atoms with Gasteiger partial charge in [-0.05, 0) is 52.2 Å². The van der Waals surface area contributed by atoms with E-state index in [0.29, 0.717) is 30.9 Å². The molecule has 0 bridgehead atoms. The predicted octanol–water partition coefficient (Wildman–Crippen LogP) is 5.93. The molecule has 4 aromatic rings. The number of benzene rings is 4. The summed E-state index contributed by atoms with van der Waals surface area (Å²) < 4.78 is -0.514. The molecule has 5 rings (SSSR count). The number of nitrogens with zero attached hydrogens (tertiary/aromatic N) is 1. The van der Waals surface area contributed by atoms with E-state index in [4.69, 9.17) is 5.73 Å². The molecule has 3 unspecified atom stereocenters. The number of aliphatic carboxylic acids is 1. The van der Waals surface area contributed by atoms with Crippen LogP contribution in [0.15, 0.2) is 115 Å². The van der Waals surface area contributed by atoms with Gasteiger partial charge in [0.25, 0.3) is 0 Å². The molecule has 5 N–H and O–H groups in total. The number of fused-ring (bicyclic) bond motifs is 1. The highest BCUT2D eigenvalue weighted by Gasteiger charge is 2.40. The summed E-state index contributed by atoms with van der Waals surface area (Å²) in [5.41, 5.74) is 12.3. The number of hydrogen-bond donors (Lipinski definition) is 4. The van der Waals surface area contributed by atoms with Gasteiger partial charge in [-0.2, -0.15) is 11.8 Å². The second-order valence-electron chi connectivity index (χ2n) is 13.6. The Hall–Kier alpha value is -4.09. The standard InChI is InChI=1S/C42H50N4O4S2/c1-29(2)38(40(48)46-27-31-16-14-13-15-30(31)25-37(46)39(47)45-36(41(49)50)23-24-51-3)44-26-35(43)28-52-42(32-17-7-4-8-18-32,33-19-9-5-10-20-33)34-21-11-6-12-22-34/h4-22,29,35-38,44H,23-28,43H2,1-3H3,(H,45,47)(H,49,50)/t35?,36?,37?,38-/m0/s1. The van der Waals surface area contributed by atoms with Crippen LogP contribution in [0.4, 0.5) is 0 Å². The Morgan fingerprint density at radius 1 is 0.846 bits per heavy atom. The maximum Gasteiger partial charge on any atom is 0.326 e. The summed E-state index contributed by atoms with van der Waals surface area (Å²) in [6.45, 7) is 4.61. The van der Waals surface area contributed by atoms with E-state index < -0.39 is 34.7 Å². The van der Waals surface area contributed by atoms with Gasteiger partial charge in [0.2, 0.25) is 11.8 Å². The fourth-order valence-electron chi connectivity index (χ4n) is 6.87. The first kappa shape index (κ1) is 39.1. The van der Waals surface area contributed by atoms with Gasteiger partial charge in [0.1, 0.15) is 12.1 Å². The zero-order valence-electron chi connectivity index (χ0n) is 30.1. The van der Waals surface area contributed by atoms with Crippen molar-refractivity contribution in [2.45, 2.75) is 62.1 Å². The molecule has 1 heterocycles. The van der Waals surface area contributed by atoms with Gasteiger partial charge in [-0.25, -0.2) is 4.79 Å². The van der Waals surface area contributed by atoms with Gasteiger partial charge in [0.15, 0.2) is 0 Å². The van der Waals surface area contributed by atoms with Crippen molar-refractivity contribution in [2.24, 2.45) is 11.7 Å². The van der Waals surface area contributed by atoms with Crippen molar-refractivity contribution in [2.75, 3.05) is 24.3 Å². The van der Waals surface area contributed by atoms with Crippen molar-refractivity contribution in [3.8, 4) is 0 Å². The Balaban J connectivity index is 1.35. The molecule has 10 heteroatoms. The molecule has 0 spiro atoms. The second-order valence-corrected chi connectivity index (χ2v) is 15.8. The van der Waals surface area contributed by atoms with Crippen molar-refractivity contribution >= 4 is 41.3 Å². The van der Waals surface area contributed by atoms with Crippen LogP contribution in [0.1, 0.15) is 48.1 Å². The van der Waals surface area contributed by atoms with Gasteiger partial charge >= 0.3 is 5.97 Å². The molecule has 4 aromatic carbocycles. The van der Waals surface area contributed by atoms with Crippen molar-refractivity contribution in [3.63, 3.8) is 0 Å². The average molecular weight is 739 g/mol. The first-order valence-corrected chi connectivity index (χ1v) is 20.2. The highest BCUT2D eigenvalue weighted by atomic mass is 32.2. The van der Waals surface area contributed by atoms with Gasteiger partial charge in [-0.1, -0.05) is 129 Å². The summed E-state index contributed by atoms with van der Waals surface area (Å²) in [4.78, 5) is 41.9. The Labute approximate surface area is 316 Å². The Kier molecular flexibility index (Phi) is 14.0. The first-order valence-electron chi connectivity index (χ1n) is 17.8. The Bertz CT molecular complexity index is 1660. The van der Waals surface area contributed by atoms with E-state index in [1.807, 2.05) is 62.6 Å². The lowest BCUT2D eigenvalue weighted by Gasteiger charge is -2.39. The smallest absolute Gasteiger partial charge is 0.326 e. The van der Waals surface area contributed by atoms with E-state index >= 15 is 0 Å². The lowest BCUT2D eigenvalue weighted by Crippen LogP contribution is -2.60. The monoisotopic (exact) mass is 738 g/mol. The quantitative estimate of drug-likeness (QED) is 0.0984. The number of thioether (sulfide) groups is 2. The summed E-state index contributed by atoms with van der Waals surface area (Å²) >= 11 is 3.30. The molecule has 1 aliphatic heterocycles. The van der Waals surface area contributed by atoms with Crippen molar-refractivity contribution in [1.82, 2.24) is 15.5 Å². The molecule has 0 aromatic heterocycles. The SMILES string of the molecule is CSCCC(NC(=O)C1Cc2ccccc2CN1C(=O)[C@@H](NCC(N)CSC(c1ccccc1)(c1ccccc1)c1ccccc1)C(C)C)C(=O)O. The fourth-order valence-corrected chi connectivity index (χ4v) is 8.84. The van der Waals surface area contributed by atoms with Gasteiger partial charge in [0.05, 0.1) is 10.8 Å². The molecule has 274 valence electrons. The number of rotatable bonds is 17. The zero-order chi connectivity index (χ0) is 37.1. The molecule has 8 nitrogen and oxygen atoms in total. The van der Waals surface area contributed by atoms with E-state index in [2.05, 4.69) is 83.4 Å². The van der Waals surface area contributed by atoms with Crippen LogP contribution in [0.25, 0.3) is 0 Å². The van der Waals surface area contributed by atoms with Crippen LogP contribution in [0.3, 0.4) is 0 Å². The molecule has 0 saturated heterocycles. The van der Waals surface area contributed by atoms with Gasteiger partial charge < -0.3 is 26.4 Å². The number of nitrogens with two attached hydrogens (primary N) is 1. The minimum Gasteiger partial charge on any atom is -0.480 e. The van der Waals surface area contributed by atoms with Crippen LogP contribution < -0.4 is 16.4 Å². The topological polar surface area (TPSA) is 125 Å². The molecule has 52 heavy (non-hydrogen) atoms. The van der Waals surface area contributed by atoms with Crippen LogP contribution in [-0.4, -0.2) is 76.3 Å². The summed E-state index contributed by atoms with van der Waals surface area (Å²) in [6, 6.07) is 36.5. The highest BCUT2D eigenvalue weighted by Crippen LogP contribution is 2.48. The maximum absolute atomic E-state index is 14.5. The molecule has 0 saturated carbocycles. The number of amides is 2. The number of hydrogen-bond acceptors (Lipinski definition) is 7. The number of nitrogens with one attached hydrogen (secondary N) is 2. The molecule has 0 fully saturated rings. The van der Waals surface area contributed by atoms with Crippen LogP contribution in [0.2, 0.25) is 0 Å². The number of carboxylic acid groups (broad SMARTS) is 1. The third-order valence-corrected chi connectivity index (χ3v) is 12.0. The molecule has 0 aliphatic carbocycles. The highest BCUT2D eigenvalue weighted by molar-refractivity contribution is 8.00. The van der Waals surface area contributed by atoms with E-state index in [0.717, 1.165) is 27.8 Å². The van der Waals surface area contributed by atoms with E-state index in [1.165, 1.54) is 11.8 Å². The summed E-state index contributed by atoms with van der Waals surface area (Å²) in [5, 5.41) is 16.0. The predicted molar refractivity (Wildman–Crippen MR) is 213 cm³/mol. The third-order valence-electron chi connectivity index (χ3n) is 9.65. The summed E-state index contributed by atoms with van der Waals surface area (Å²) in [6.07, 6.45) is 2.50. The first-order chi connectivity index (χ1) is 25.1. The average Bonchev–Trinajstić information content (AvgIpc) is 3.17. The Morgan fingerprint density at radius 3 is 1.87 bits per heavy atom. The van der Waals surface area contributed by atoms with E-state index in [1.54, 1.807) is 16.7 Å². The molecular weight excluding hydrogens is 689 g/mol. The molecule has 2 amide bonds. The van der Waals surface area contributed by atoms with Gasteiger partial charge in [-0.3, -0.25) is 9.59 Å². The normalized spacial score (nSPS) is 16.1. The van der Waals surface area contributed by atoms with E-state index in [9.17, 15) is 19.5 Å². The minimum atomic E-state index is -1.08.